The maximum absolute atomic E-state index is 9.03. The molecule has 26 heavy (non-hydrogen) atoms. The number of benzene rings is 2. The normalized spacial score (nSPS) is 12.6. The molecule has 1 atom stereocenters. The Labute approximate surface area is 158 Å². The van der Waals surface area contributed by atoms with E-state index in [0.29, 0.717) is 32.4 Å². The quantitative estimate of drug-likeness (QED) is 0.200. The number of nitriles is 1. The van der Waals surface area contributed by atoms with Gasteiger partial charge < -0.3 is 16.9 Å². The number of halogens is 2. The van der Waals surface area contributed by atoms with Crippen LogP contribution in [0.1, 0.15) is 5.56 Å². The molecule has 1 unspecified atom stereocenters. The molecule has 0 heterocycles. The van der Waals surface area contributed by atoms with Gasteiger partial charge in [-0.3, -0.25) is 0 Å². The topological polar surface area (TPSA) is 161 Å². The summed E-state index contributed by atoms with van der Waals surface area (Å²) in [5, 5.41) is 22.0. The molecular weight excluding hydrogens is 377 g/mol. The number of nitrogens with two attached hydrogens (primary N) is 2. The number of hydrogen-bond acceptors (Lipinski definition) is 6. The van der Waals surface area contributed by atoms with Gasteiger partial charge in [-0.25, -0.2) is 10.5 Å². The Bertz CT molecular complexity index is 895. The van der Waals surface area contributed by atoms with Gasteiger partial charge >= 0.3 is 0 Å². The molecule has 2 rings (SSSR count). The highest BCUT2D eigenvalue weighted by Gasteiger charge is 2.12. The Morgan fingerprint density at radius 2 is 1.92 bits per heavy atom. The summed E-state index contributed by atoms with van der Waals surface area (Å²) in [6, 6.07) is 12.2. The van der Waals surface area contributed by atoms with Crippen molar-refractivity contribution in [1.29, 1.82) is 10.8 Å². The highest BCUT2D eigenvalue weighted by Crippen LogP contribution is 2.37. The second kappa shape index (κ2) is 8.75. The van der Waals surface area contributed by atoms with Crippen molar-refractivity contribution in [3.63, 3.8) is 0 Å². The van der Waals surface area contributed by atoms with Crippen molar-refractivity contribution in [2.75, 3.05) is 5.32 Å². The Morgan fingerprint density at radius 3 is 2.50 bits per heavy atom. The third-order valence-corrected chi connectivity index (χ3v) is 3.73. The highest BCUT2D eigenvalue weighted by molar-refractivity contribution is 6.39. The lowest BCUT2D eigenvalue weighted by Gasteiger charge is -2.12. The number of aliphatic imine (C=N–C) groups is 1. The van der Waals surface area contributed by atoms with Gasteiger partial charge in [-0.15, -0.1) is 10.2 Å². The van der Waals surface area contributed by atoms with Crippen molar-refractivity contribution >= 4 is 34.8 Å². The molecule has 0 aromatic heterocycles. The standard InChI is InChI=1S/C15H13Cl2N9/c16-11-5-10(22-14(19)23-15(24-20)25-26-21)6-12(17)13(11)9-3-1-2-8(4-9)7-18/h1-6,15,20H,(H2,21,25)(H3,19,22,23). The second-order valence-electron chi connectivity index (χ2n) is 4.85. The number of anilines is 1. The van der Waals surface area contributed by atoms with Crippen LogP contribution in [-0.2, 0) is 0 Å². The predicted octanol–water partition coefficient (Wildman–Crippen LogP) is 3.90. The van der Waals surface area contributed by atoms with Crippen LogP contribution in [0.25, 0.3) is 11.1 Å². The second-order valence-corrected chi connectivity index (χ2v) is 5.67. The lowest BCUT2D eigenvalue weighted by Crippen LogP contribution is -2.24. The van der Waals surface area contributed by atoms with Crippen molar-refractivity contribution in [3.05, 3.63) is 52.0 Å². The van der Waals surface area contributed by atoms with Gasteiger partial charge in [0.05, 0.1) is 21.7 Å². The Morgan fingerprint density at radius 1 is 1.23 bits per heavy atom. The zero-order chi connectivity index (χ0) is 19.1. The maximum atomic E-state index is 9.03. The first-order valence-corrected chi connectivity index (χ1v) is 7.80. The molecule has 0 radical (unpaired) electrons. The minimum atomic E-state index is -1.17. The SMILES string of the molecule is N#Cc1cccc(-c2c(Cl)cc(NC(N)=NC(N=N)N=NN)cc2Cl)c1. The van der Waals surface area contributed by atoms with E-state index in [1.54, 1.807) is 36.4 Å². The summed E-state index contributed by atoms with van der Waals surface area (Å²) in [6.07, 6.45) is -1.17. The molecule has 2 aromatic rings. The summed E-state index contributed by atoms with van der Waals surface area (Å²) in [7, 11) is 0. The number of hydrogen-bond donors (Lipinski definition) is 4. The largest absolute Gasteiger partial charge is 0.370 e. The molecule has 0 aliphatic heterocycles. The average Bonchev–Trinajstić information content (AvgIpc) is 2.60. The Balaban J connectivity index is 2.33. The Hall–Kier alpha value is -3.22. The molecule has 0 aliphatic carbocycles. The first kappa shape index (κ1) is 19.1. The van der Waals surface area contributed by atoms with E-state index in [1.165, 1.54) is 0 Å². The van der Waals surface area contributed by atoms with E-state index in [1.807, 2.05) is 0 Å². The van der Waals surface area contributed by atoms with Crippen LogP contribution in [-0.4, -0.2) is 12.2 Å². The fourth-order valence-corrected chi connectivity index (χ4v) is 2.82. The first-order chi connectivity index (χ1) is 12.5. The van der Waals surface area contributed by atoms with Gasteiger partial charge in [0.2, 0.25) is 0 Å². The molecule has 0 amide bonds. The van der Waals surface area contributed by atoms with E-state index in [9.17, 15) is 0 Å². The minimum absolute atomic E-state index is 0.0789. The monoisotopic (exact) mass is 389 g/mol. The van der Waals surface area contributed by atoms with Crippen molar-refractivity contribution in [1.82, 2.24) is 0 Å². The van der Waals surface area contributed by atoms with E-state index >= 15 is 0 Å². The van der Waals surface area contributed by atoms with Crippen LogP contribution in [0.2, 0.25) is 10.0 Å². The molecule has 132 valence electrons. The van der Waals surface area contributed by atoms with Crippen LogP contribution >= 0.6 is 23.2 Å². The van der Waals surface area contributed by atoms with Crippen LogP contribution in [0, 0.1) is 16.9 Å². The van der Waals surface area contributed by atoms with Gasteiger partial charge in [-0.2, -0.15) is 5.26 Å². The number of rotatable bonds is 5. The molecule has 0 bridgehead atoms. The molecule has 11 heteroatoms. The van der Waals surface area contributed by atoms with Crippen molar-refractivity contribution in [3.8, 4) is 17.2 Å². The van der Waals surface area contributed by atoms with Gasteiger partial charge in [0.25, 0.3) is 6.29 Å². The molecule has 9 nitrogen and oxygen atoms in total. The molecular formula is C15H13Cl2N9. The number of guanidine groups is 1. The van der Waals surface area contributed by atoms with Crippen molar-refractivity contribution in [2.45, 2.75) is 6.29 Å². The average molecular weight is 390 g/mol. The Kier molecular flexibility index (Phi) is 6.43. The highest BCUT2D eigenvalue weighted by atomic mass is 35.5. The van der Waals surface area contributed by atoms with Crippen LogP contribution in [0.15, 0.2) is 56.8 Å². The van der Waals surface area contributed by atoms with E-state index in [2.05, 4.69) is 31.8 Å². The summed E-state index contributed by atoms with van der Waals surface area (Å²) in [6.45, 7) is 0. The maximum Gasteiger partial charge on any atom is 0.275 e. The van der Waals surface area contributed by atoms with E-state index in [0.717, 1.165) is 0 Å². The fraction of sp³-hybridized carbons (Fsp3) is 0.0667. The molecule has 0 fully saturated rings. The van der Waals surface area contributed by atoms with Crippen molar-refractivity contribution in [2.24, 2.45) is 32.0 Å². The summed E-state index contributed by atoms with van der Waals surface area (Å²) in [5.74, 6) is 4.82. The van der Waals surface area contributed by atoms with Crippen LogP contribution < -0.4 is 16.9 Å². The molecule has 0 saturated heterocycles. The van der Waals surface area contributed by atoms with Crippen LogP contribution in [0.5, 0.6) is 0 Å². The first-order valence-electron chi connectivity index (χ1n) is 7.05. The van der Waals surface area contributed by atoms with Gasteiger partial charge in [0, 0.05) is 11.3 Å². The predicted molar refractivity (Wildman–Crippen MR) is 99.8 cm³/mol. The zero-order valence-corrected chi connectivity index (χ0v) is 14.7. The fourth-order valence-electron chi connectivity index (χ4n) is 2.11. The molecule has 6 N–H and O–H groups in total. The summed E-state index contributed by atoms with van der Waals surface area (Å²) in [4.78, 5) is 3.81. The zero-order valence-electron chi connectivity index (χ0n) is 13.2. The van der Waals surface area contributed by atoms with Crippen LogP contribution in [0.3, 0.4) is 0 Å². The molecule has 0 aliphatic rings. The van der Waals surface area contributed by atoms with E-state index in [-0.39, 0.29) is 5.96 Å². The lowest BCUT2D eigenvalue weighted by atomic mass is 10.0. The van der Waals surface area contributed by atoms with Crippen molar-refractivity contribution < 1.29 is 0 Å². The summed E-state index contributed by atoms with van der Waals surface area (Å²) >= 11 is 12.7. The molecule has 0 spiro atoms. The van der Waals surface area contributed by atoms with Gasteiger partial charge in [0.1, 0.15) is 0 Å². The lowest BCUT2D eigenvalue weighted by molar-refractivity contribution is 0.641. The molecule has 2 aromatic carbocycles. The number of nitrogens with zero attached hydrogens (tertiary/aromatic N) is 5. The van der Waals surface area contributed by atoms with Gasteiger partial charge in [0.15, 0.2) is 5.96 Å². The summed E-state index contributed by atoms with van der Waals surface area (Å²) < 4.78 is 0. The summed E-state index contributed by atoms with van der Waals surface area (Å²) in [5.41, 5.74) is 14.9. The number of nitrogens with one attached hydrogen (secondary N) is 2. The third kappa shape index (κ3) is 4.66. The van der Waals surface area contributed by atoms with Gasteiger partial charge in [-0.05, 0) is 29.8 Å². The van der Waals surface area contributed by atoms with Gasteiger partial charge in [-0.1, -0.05) is 40.6 Å². The van der Waals surface area contributed by atoms with Crippen LogP contribution in [0.4, 0.5) is 5.69 Å². The van der Waals surface area contributed by atoms with E-state index in [4.69, 9.17) is 45.6 Å². The third-order valence-electron chi connectivity index (χ3n) is 3.13. The smallest absolute Gasteiger partial charge is 0.275 e. The minimum Gasteiger partial charge on any atom is -0.370 e. The molecule has 0 saturated carbocycles. The van der Waals surface area contributed by atoms with E-state index < -0.39 is 6.29 Å².